The van der Waals surface area contributed by atoms with Crippen molar-refractivity contribution in [3.05, 3.63) is 58.4 Å². The van der Waals surface area contributed by atoms with Crippen molar-refractivity contribution in [3.63, 3.8) is 0 Å². The molecule has 1 aromatic carbocycles. The van der Waals surface area contributed by atoms with Crippen LogP contribution in [0.3, 0.4) is 0 Å². The number of pyridine rings is 1. The number of nitrogens with one attached hydrogen (secondary N) is 1. The Balaban J connectivity index is 2.05. The molecule has 0 fully saturated rings. The van der Waals surface area contributed by atoms with Crippen LogP contribution in [0.2, 0.25) is 0 Å². The van der Waals surface area contributed by atoms with Crippen molar-refractivity contribution in [1.82, 2.24) is 15.2 Å². The van der Waals surface area contributed by atoms with Gasteiger partial charge in [0.1, 0.15) is 5.82 Å². The molecule has 2 atom stereocenters. The SMILES string of the molecule is N#CC1CCCCc2ccc(F)c(c2)C(O)(C(F)(F)F)c2nnc(o2)-c2nc1c(C(F)(F)F)cc2NC(=O)O. The van der Waals surface area contributed by atoms with Crippen molar-refractivity contribution in [2.75, 3.05) is 5.32 Å². The van der Waals surface area contributed by atoms with Crippen LogP contribution in [-0.2, 0) is 18.2 Å². The molecule has 2 unspecified atom stereocenters. The average molecular weight is 559 g/mol. The Hall–Kier alpha value is -4.26. The first-order valence-electron chi connectivity index (χ1n) is 11.1. The van der Waals surface area contributed by atoms with Gasteiger partial charge in [-0.2, -0.15) is 31.6 Å². The summed E-state index contributed by atoms with van der Waals surface area (Å²) in [5.41, 5.74) is -9.36. The van der Waals surface area contributed by atoms with Crippen molar-refractivity contribution in [2.24, 2.45) is 0 Å². The average Bonchev–Trinajstić information content (AvgIpc) is 3.33. The highest BCUT2D eigenvalue weighted by Crippen LogP contribution is 2.46. The maximum absolute atomic E-state index is 14.7. The highest BCUT2D eigenvalue weighted by Gasteiger charge is 2.61. The fraction of sp³-hybridized carbons (Fsp3) is 0.348. The molecule has 4 rings (SSSR count). The van der Waals surface area contributed by atoms with E-state index in [9.17, 15) is 45.9 Å². The number of aromatic nitrogens is 3. The van der Waals surface area contributed by atoms with E-state index in [0.717, 1.165) is 6.07 Å². The molecule has 1 aliphatic rings. The predicted octanol–water partition coefficient (Wildman–Crippen LogP) is 5.51. The Labute approximate surface area is 213 Å². The second-order valence-electron chi connectivity index (χ2n) is 8.61. The second kappa shape index (κ2) is 9.80. The van der Waals surface area contributed by atoms with Gasteiger partial charge in [-0.15, -0.1) is 10.2 Å². The molecule has 9 nitrogen and oxygen atoms in total. The van der Waals surface area contributed by atoms with Gasteiger partial charge in [-0.1, -0.05) is 12.5 Å². The minimum Gasteiger partial charge on any atom is -0.465 e. The summed E-state index contributed by atoms with van der Waals surface area (Å²) < 4.78 is 104. The quantitative estimate of drug-likeness (QED) is 0.331. The van der Waals surface area contributed by atoms with E-state index in [1.165, 1.54) is 6.07 Å². The van der Waals surface area contributed by atoms with Crippen molar-refractivity contribution >= 4 is 11.8 Å². The van der Waals surface area contributed by atoms with E-state index in [0.29, 0.717) is 12.1 Å². The van der Waals surface area contributed by atoms with Crippen LogP contribution in [0.15, 0.2) is 28.7 Å². The van der Waals surface area contributed by atoms with Gasteiger partial charge in [0.15, 0.2) is 5.69 Å². The monoisotopic (exact) mass is 559 g/mol. The van der Waals surface area contributed by atoms with E-state index in [2.05, 4.69) is 15.2 Å². The van der Waals surface area contributed by atoms with Crippen molar-refractivity contribution in [3.8, 4) is 17.7 Å². The number of hydrogen-bond donors (Lipinski definition) is 3. The summed E-state index contributed by atoms with van der Waals surface area (Å²) in [4.78, 5) is 15.0. The molecule has 1 aliphatic heterocycles. The summed E-state index contributed by atoms with van der Waals surface area (Å²) in [5.74, 6) is -5.56. The first kappa shape index (κ1) is 27.8. The number of nitrogens with zero attached hydrogens (tertiary/aromatic N) is 4. The lowest BCUT2D eigenvalue weighted by atomic mass is 9.89. The molecule has 3 N–H and O–H groups in total. The number of amides is 1. The van der Waals surface area contributed by atoms with Crippen LogP contribution in [0, 0.1) is 17.1 Å². The molecule has 6 bridgehead atoms. The van der Waals surface area contributed by atoms with Gasteiger partial charge in [-0.3, -0.25) is 5.32 Å². The molecular formula is C23H16F7N5O4. The number of rotatable bonds is 1. The van der Waals surface area contributed by atoms with Crippen molar-refractivity contribution in [2.45, 2.75) is 49.6 Å². The summed E-state index contributed by atoms with van der Waals surface area (Å²) >= 11 is 0. The minimum atomic E-state index is -5.63. The Morgan fingerprint density at radius 2 is 1.87 bits per heavy atom. The van der Waals surface area contributed by atoms with E-state index >= 15 is 0 Å². The van der Waals surface area contributed by atoms with Gasteiger partial charge in [-0.05, 0) is 43.0 Å². The summed E-state index contributed by atoms with van der Waals surface area (Å²) in [6, 6.07) is 4.65. The Morgan fingerprint density at radius 3 is 2.49 bits per heavy atom. The zero-order valence-electron chi connectivity index (χ0n) is 19.4. The number of alkyl halides is 6. The zero-order valence-corrected chi connectivity index (χ0v) is 19.4. The topological polar surface area (TPSA) is 145 Å². The van der Waals surface area contributed by atoms with Crippen LogP contribution in [-0.4, -0.2) is 37.7 Å². The standard InChI is InChI=1S/C23H16F7N5O4/c24-14-6-5-10-3-1-2-4-11(9-31)16-13(22(25,26)27)8-15(32-20(36)37)17(33-16)18-34-35-19(39-18)21(38,12(14)7-10)23(28,29)30/h5-8,11,32,38H,1-4H2,(H,36,37). The summed E-state index contributed by atoms with van der Waals surface area (Å²) in [5, 5.41) is 37.7. The molecule has 0 saturated carbocycles. The smallest absolute Gasteiger partial charge is 0.430 e. The van der Waals surface area contributed by atoms with Crippen LogP contribution in [0.25, 0.3) is 11.6 Å². The van der Waals surface area contributed by atoms with Crippen LogP contribution in [0.5, 0.6) is 0 Å². The molecule has 0 aliphatic carbocycles. The fourth-order valence-electron chi connectivity index (χ4n) is 4.19. The normalized spacial score (nSPS) is 19.9. The van der Waals surface area contributed by atoms with Gasteiger partial charge in [0, 0.05) is 5.56 Å². The number of carbonyl (C=O) groups is 1. The number of carboxylic acid groups (broad SMARTS) is 1. The van der Waals surface area contributed by atoms with Crippen LogP contribution < -0.4 is 5.32 Å². The Morgan fingerprint density at radius 1 is 1.15 bits per heavy atom. The largest absolute Gasteiger partial charge is 0.465 e. The third-order valence-corrected chi connectivity index (χ3v) is 6.06. The van der Waals surface area contributed by atoms with Crippen LogP contribution in [0.1, 0.15) is 53.5 Å². The zero-order chi connectivity index (χ0) is 28.8. The number of hydrogen-bond acceptors (Lipinski definition) is 7. The molecule has 0 saturated heterocycles. The highest BCUT2D eigenvalue weighted by molar-refractivity contribution is 5.88. The number of fused-ring (bicyclic) bond motifs is 7. The highest BCUT2D eigenvalue weighted by atomic mass is 19.4. The molecule has 2 aromatic heterocycles. The van der Waals surface area contributed by atoms with E-state index in [1.54, 1.807) is 11.4 Å². The number of benzene rings is 1. The number of halogens is 7. The molecule has 3 aromatic rings. The number of nitriles is 1. The number of anilines is 1. The molecule has 1 amide bonds. The number of aryl methyl sites for hydroxylation is 1. The third-order valence-electron chi connectivity index (χ3n) is 6.06. The summed E-state index contributed by atoms with van der Waals surface area (Å²) in [6.45, 7) is 0. The lowest BCUT2D eigenvalue weighted by molar-refractivity contribution is -0.256. The van der Waals surface area contributed by atoms with Gasteiger partial charge < -0.3 is 14.6 Å². The predicted molar refractivity (Wildman–Crippen MR) is 116 cm³/mol. The van der Waals surface area contributed by atoms with Crippen LogP contribution >= 0.6 is 0 Å². The first-order chi connectivity index (χ1) is 18.2. The second-order valence-corrected chi connectivity index (χ2v) is 8.61. The van der Waals surface area contributed by atoms with Gasteiger partial charge >= 0.3 is 18.4 Å². The van der Waals surface area contributed by atoms with Gasteiger partial charge in [0.2, 0.25) is 0 Å². The Bertz CT molecular complexity index is 1460. The Kier molecular flexibility index (Phi) is 6.98. The van der Waals surface area contributed by atoms with E-state index in [4.69, 9.17) is 9.52 Å². The molecule has 0 radical (unpaired) electrons. The molecule has 206 valence electrons. The maximum atomic E-state index is 14.7. The van der Waals surface area contributed by atoms with Crippen LogP contribution in [0.4, 0.5) is 41.2 Å². The molecule has 0 spiro atoms. The molecule has 16 heteroatoms. The summed E-state index contributed by atoms with van der Waals surface area (Å²) in [7, 11) is 0. The fourth-order valence-corrected chi connectivity index (χ4v) is 4.19. The number of aliphatic hydroxyl groups is 1. The molecular weight excluding hydrogens is 543 g/mol. The van der Waals surface area contributed by atoms with Gasteiger partial charge in [0.05, 0.1) is 28.9 Å². The van der Waals surface area contributed by atoms with Gasteiger partial charge in [-0.25, -0.2) is 14.2 Å². The van der Waals surface area contributed by atoms with Gasteiger partial charge in [0.25, 0.3) is 17.4 Å². The van der Waals surface area contributed by atoms with E-state index in [1.807, 2.05) is 0 Å². The van der Waals surface area contributed by atoms with E-state index < -0.39 is 75.8 Å². The third kappa shape index (κ3) is 5.09. The lowest BCUT2D eigenvalue weighted by Gasteiger charge is -2.28. The summed E-state index contributed by atoms with van der Waals surface area (Å²) in [6.07, 6.45) is -12.5. The van der Waals surface area contributed by atoms with Crippen molar-refractivity contribution < 1.29 is 50.2 Å². The lowest BCUT2D eigenvalue weighted by Crippen LogP contribution is -2.44. The van der Waals surface area contributed by atoms with Crippen molar-refractivity contribution in [1.29, 1.82) is 5.26 Å². The maximum Gasteiger partial charge on any atom is 0.430 e. The first-order valence-corrected chi connectivity index (χ1v) is 11.1. The van der Waals surface area contributed by atoms with E-state index in [-0.39, 0.29) is 31.2 Å². The molecule has 3 heterocycles. The molecule has 39 heavy (non-hydrogen) atoms. The minimum absolute atomic E-state index is 0.0285.